The highest BCUT2D eigenvalue weighted by molar-refractivity contribution is 6.12. The third-order valence-corrected chi connectivity index (χ3v) is 11.3. The minimum Gasteiger partial charge on any atom is -0.309 e. The van der Waals surface area contributed by atoms with Crippen LogP contribution in [0.3, 0.4) is 0 Å². The van der Waals surface area contributed by atoms with E-state index in [2.05, 4.69) is 168 Å². The molecule has 2 nitrogen and oxygen atoms in total. The van der Waals surface area contributed by atoms with Gasteiger partial charge in [-0.1, -0.05) is 121 Å². The van der Waals surface area contributed by atoms with Gasteiger partial charge < -0.3 is 9.13 Å². The lowest BCUT2D eigenvalue weighted by molar-refractivity contribution is 1.17. The van der Waals surface area contributed by atoms with Crippen molar-refractivity contribution >= 4 is 43.6 Å². The second-order valence-corrected chi connectivity index (χ2v) is 14.4. The summed E-state index contributed by atoms with van der Waals surface area (Å²) in [5, 5.41) is 4.95. The Kier molecular flexibility index (Phi) is 5.84. The van der Waals surface area contributed by atoms with E-state index in [9.17, 15) is 0 Å². The molecular weight excluding hydrogens is 641 g/mol. The van der Waals surface area contributed by atoms with Crippen molar-refractivity contribution in [3.63, 3.8) is 0 Å². The lowest BCUT2D eigenvalue weighted by atomic mass is 9.91. The highest BCUT2D eigenvalue weighted by atomic mass is 15.0. The van der Waals surface area contributed by atoms with Crippen LogP contribution in [-0.2, 0) is 6.42 Å². The molecule has 0 unspecified atom stereocenters. The molecule has 0 saturated carbocycles. The van der Waals surface area contributed by atoms with Crippen LogP contribution >= 0.6 is 0 Å². The van der Waals surface area contributed by atoms with Crippen LogP contribution in [0.15, 0.2) is 170 Å². The molecule has 53 heavy (non-hydrogen) atoms. The Morgan fingerprint density at radius 1 is 0.415 bits per heavy atom. The number of rotatable bonds is 4. The van der Waals surface area contributed by atoms with Gasteiger partial charge in [-0.2, -0.15) is 0 Å². The van der Waals surface area contributed by atoms with Crippen molar-refractivity contribution in [3.05, 3.63) is 192 Å². The molecule has 1 aliphatic rings. The molecule has 2 heteroatoms. The largest absolute Gasteiger partial charge is 0.309 e. The van der Waals surface area contributed by atoms with E-state index in [-0.39, 0.29) is 0 Å². The number of benzene rings is 8. The number of hydrogen-bond donors (Lipinski definition) is 0. The first-order chi connectivity index (χ1) is 27.3. The van der Waals surface area contributed by atoms with Crippen LogP contribution in [0, 0.1) is 13.8 Å². The van der Waals surface area contributed by atoms with Gasteiger partial charge in [-0.25, -0.2) is 0 Å². The lowest BCUT2D eigenvalue weighted by Gasteiger charge is -2.14. The Morgan fingerprint density at radius 3 is 1.70 bits per heavy atom. The van der Waals surface area contributed by atoms with E-state index >= 15 is 0 Å². The van der Waals surface area contributed by atoms with Crippen molar-refractivity contribution in [2.45, 2.75) is 20.2 Å². The Morgan fingerprint density at radius 2 is 0.981 bits per heavy atom. The number of hydrogen-bond acceptors (Lipinski definition) is 0. The zero-order chi connectivity index (χ0) is 37.7. The fourth-order valence-electron chi connectivity index (χ4n) is 8.95. The van der Waals surface area contributed by atoms with Gasteiger partial charge in [0.25, 0.3) is 0 Å². The maximum atomic E-state index is 8.00. The summed E-state index contributed by atoms with van der Waals surface area (Å²) in [5.74, 6) is 0. The summed E-state index contributed by atoms with van der Waals surface area (Å²) in [6, 6.07) is 60.8. The minimum absolute atomic E-state index is 0.390. The molecule has 8 aromatic carbocycles. The standard InChI is InChI=1S/C51H36N2/c1-32-21-22-37-30-46-44(26-33(2)27-45(46)43(37)25-32)36-13-9-11-34(28-36)35-12-10-14-38(29-35)52-50-20-8-5-17-42(50)47-31-39(23-24-51(47)52)53-48-18-6-3-15-40(48)41-16-4-7-19-49(41)53/h3-29,31H,30H2,1-2H3/i1D3. The maximum Gasteiger partial charge on any atom is 0.0542 e. The molecule has 10 aromatic rings. The average Bonchev–Trinajstić information content (AvgIpc) is 3.87. The predicted octanol–water partition coefficient (Wildman–Crippen LogP) is 13.4. The number of para-hydroxylation sites is 3. The van der Waals surface area contributed by atoms with E-state index in [1.165, 1.54) is 54.8 Å². The zero-order valence-electron chi connectivity index (χ0n) is 32.3. The molecule has 0 atom stereocenters. The van der Waals surface area contributed by atoms with Crippen LogP contribution in [0.4, 0.5) is 0 Å². The van der Waals surface area contributed by atoms with Crippen molar-refractivity contribution in [1.82, 2.24) is 9.13 Å². The Balaban J connectivity index is 1.02. The number of aryl methyl sites for hydroxylation is 2. The summed E-state index contributed by atoms with van der Waals surface area (Å²) < 4.78 is 28.8. The smallest absolute Gasteiger partial charge is 0.0542 e. The molecule has 0 amide bonds. The molecule has 2 aromatic heterocycles. The third-order valence-electron chi connectivity index (χ3n) is 11.3. The highest BCUT2D eigenvalue weighted by Crippen LogP contribution is 2.44. The summed E-state index contributed by atoms with van der Waals surface area (Å²) in [6.45, 7) is -0.0107. The van der Waals surface area contributed by atoms with Gasteiger partial charge in [0, 0.05) is 37.0 Å². The van der Waals surface area contributed by atoms with Crippen LogP contribution in [0.5, 0.6) is 0 Å². The molecule has 0 aliphatic heterocycles. The van der Waals surface area contributed by atoms with Gasteiger partial charge in [-0.15, -0.1) is 0 Å². The minimum atomic E-state index is -2.14. The second-order valence-electron chi connectivity index (χ2n) is 14.4. The van der Waals surface area contributed by atoms with Crippen LogP contribution in [0.25, 0.3) is 88.4 Å². The van der Waals surface area contributed by atoms with E-state index in [1.54, 1.807) is 6.07 Å². The van der Waals surface area contributed by atoms with Gasteiger partial charge in [0.15, 0.2) is 0 Å². The molecule has 0 bridgehead atoms. The molecule has 0 fully saturated rings. The van der Waals surface area contributed by atoms with Crippen molar-refractivity contribution < 1.29 is 4.11 Å². The second kappa shape index (κ2) is 11.4. The monoisotopic (exact) mass is 679 g/mol. The number of fused-ring (bicyclic) bond motifs is 9. The van der Waals surface area contributed by atoms with Crippen LogP contribution in [-0.4, -0.2) is 9.13 Å². The SMILES string of the molecule is [2H]C([2H])([2H])c1ccc2c(c1)-c1cc(C)cc(-c3cccc(-c4cccc(-n5c6ccccc6c6cc(-n7c8ccccc8c8ccccc87)ccc65)c4)c3)c1C2. The van der Waals surface area contributed by atoms with Gasteiger partial charge in [0.1, 0.15) is 0 Å². The predicted molar refractivity (Wildman–Crippen MR) is 224 cm³/mol. The first kappa shape index (κ1) is 27.1. The molecular formula is C51H36N2. The maximum absolute atomic E-state index is 8.00. The average molecular weight is 680 g/mol. The van der Waals surface area contributed by atoms with Crippen LogP contribution < -0.4 is 0 Å². The topological polar surface area (TPSA) is 9.86 Å². The van der Waals surface area contributed by atoms with Gasteiger partial charge in [0.05, 0.1) is 22.1 Å². The molecule has 0 saturated heterocycles. The summed E-state index contributed by atoms with van der Waals surface area (Å²) in [5.41, 5.74) is 17.8. The van der Waals surface area contributed by atoms with Crippen LogP contribution in [0.2, 0.25) is 0 Å². The molecule has 1 aliphatic carbocycles. The zero-order valence-corrected chi connectivity index (χ0v) is 29.3. The van der Waals surface area contributed by atoms with Crippen molar-refractivity contribution in [1.29, 1.82) is 0 Å². The molecule has 0 N–H and O–H groups in total. The molecule has 11 rings (SSSR count). The van der Waals surface area contributed by atoms with Gasteiger partial charge in [0.2, 0.25) is 0 Å². The first-order valence-electron chi connectivity index (χ1n) is 19.8. The number of aromatic nitrogens is 2. The third kappa shape index (κ3) is 4.59. The fraction of sp³-hybridized carbons (Fsp3) is 0.0588. The van der Waals surface area contributed by atoms with Gasteiger partial charge in [-0.05, 0) is 125 Å². The molecule has 0 spiro atoms. The fourth-order valence-corrected chi connectivity index (χ4v) is 8.95. The normalized spacial score (nSPS) is 13.3. The van der Waals surface area contributed by atoms with Crippen molar-refractivity contribution in [2.24, 2.45) is 0 Å². The van der Waals surface area contributed by atoms with E-state index in [0.717, 1.165) is 56.7 Å². The van der Waals surface area contributed by atoms with Gasteiger partial charge >= 0.3 is 0 Å². The summed E-state index contributed by atoms with van der Waals surface area (Å²) in [6.07, 6.45) is 0.785. The molecule has 2 heterocycles. The van der Waals surface area contributed by atoms with Crippen molar-refractivity contribution in [2.75, 3.05) is 0 Å². The Bertz CT molecular complexity index is 3180. The lowest BCUT2D eigenvalue weighted by Crippen LogP contribution is -1.96. The van der Waals surface area contributed by atoms with E-state index < -0.39 is 6.85 Å². The van der Waals surface area contributed by atoms with E-state index in [4.69, 9.17) is 4.11 Å². The summed E-state index contributed by atoms with van der Waals surface area (Å²) >= 11 is 0. The highest BCUT2D eigenvalue weighted by Gasteiger charge is 2.23. The van der Waals surface area contributed by atoms with E-state index in [1.807, 2.05) is 12.1 Å². The molecule has 250 valence electrons. The number of nitrogens with zero attached hydrogens (tertiary/aromatic N) is 2. The van der Waals surface area contributed by atoms with Crippen LogP contribution in [0.1, 0.15) is 26.4 Å². The molecule has 0 radical (unpaired) electrons. The first-order valence-corrected chi connectivity index (χ1v) is 18.3. The van der Waals surface area contributed by atoms with Crippen molar-refractivity contribution in [3.8, 4) is 44.8 Å². The van der Waals surface area contributed by atoms with Gasteiger partial charge in [-0.3, -0.25) is 0 Å². The van der Waals surface area contributed by atoms with E-state index in [0.29, 0.717) is 5.56 Å². The quantitative estimate of drug-likeness (QED) is 0.175. The Labute approximate surface area is 313 Å². The summed E-state index contributed by atoms with van der Waals surface area (Å²) in [4.78, 5) is 0. The summed E-state index contributed by atoms with van der Waals surface area (Å²) in [7, 11) is 0. The Hall–Kier alpha value is -6.64.